The fourth-order valence-corrected chi connectivity index (χ4v) is 2.78. The Morgan fingerprint density at radius 1 is 1.50 bits per heavy atom. The Balaban J connectivity index is 1.86. The lowest BCUT2D eigenvalue weighted by Gasteiger charge is -2.32. The Morgan fingerprint density at radius 2 is 2.36 bits per heavy atom. The van der Waals surface area contributed by atoms with Crippen LogP contribution in [0, 0.1) is 17.2 Å². The molecule has 7 heteroatoms. The first-order valence-electron chi connectivity index (χ1n) is 7.14. The van der Waals surface area contributed by atoms with Crippen LogP contribution in [0.3, 0.4) is 0 Å². The zero-order valence-electron chi connectivity index (χ0n) is 12.2. The van der Waals surface area contributed by atoms with E-state index >= 15 is 0 Å². The van der Waals surface area contributed by atoms with Crippen molar-refractivity contribution in [3.05, 3.63) is 36.6 Å². The Morgan fingerprint density at radius 3 is 3.14 bits per heavy atom. The Kier molecular flexibility index (Phi) is 3.74. The van der Waals surface area contributed by atoms with Gasteiger partial charge < -0.3 is 15.6 Å². The molecule has 3 heterocycles. The second-order valence-corrected chi connectivity index (χ2v) is 5.36. The maximum atomic E-state index is 9.12. The summed E-state index contributed by atoms with van der Waals surface area (Å²) < 4.78 is 0. The van der Waals surface area contributed by atoms with Crippen molar-refractivity contribution in [1.29, 1.82) is 5.26 Å². The first-order chi connectivity index (χ1) is 10.7. The molecule has 0 aliphatic carbocycles. The van der Waals surface area contributed by atoms with E-state index in [2.05, 4.69) is 37.5 Å². The van der Waals surface area contributed by atoms with E-state index in [0.29, 0.717) is 16.9 Å². The third-order valence-electron chi connectivity index (χ3n) is 3.83. The summed E-state index contributed by atoms with van der Waals surface area (Å²) in [6.45, 7) is 5.34. The van der Waals surface area contributed by atoms with E-state index in [0.717, 1.165) is 37.3 Å². The van der Waals surface area contributed by atoms with Crippen molar-refractivity contribution in [2.24, 2.45) is 11.7 Å². The van der Waals surface area contributed by atoms with Gasteiger partial charge in [-0.05, 0) is 18.8 Å². The van der Waals surface area contributed by atoms with E-state index in [9.17, 15) is 0 Å². The molecule has 0 aromatic carbocycles. The lowest BCUT2D eigenvalue weighted by molar-refractivity contribution is 0.482. The normalized spacial score (nSPS) is 19.1. The summed E-state index contributed by atoms with van der Waals surface area (Å²) in [6, 6.07) is 2.11. The van der Waals surface area contributed by atoms with Gasteiger partial charge in [0.2, 0.25) is 0 Å². The van der Waals surface area contributed by atoms with Gasteiger partial charge in [-0.3, -0.25) is 0 Å². The van der Waals surface area contributed by atoms with E-state index in [1.807, 2.05) is 6.08 Å². The first kappa shape index (κ1) is 14.1. The molecule has 3 rings (SSSR count). The average Bonchev–Trinajstić information content (AvgIpc) is 3.01. The second-order valence-electron chi connectivity index (χ2n) is 5.36. The van der Waals surface area contributed by atoms with E-state index < -0.39 is 0 Å². The number of allylic oxidation sites excluding steroid dienone is 1. The van der Waals surface area contributed by atoms with Crippen molar-refractivity contribution in [2.75, 3.05) is 18.0 Å². The average molecular weight is 295 g/mol. The molecule has 0 radical (unpaired) electrons. The fourth-order valence-electron chi connectivity index (χ4n) is 2.78. The summed E-state index contributed by atoms with van der Waals surface area (Å²) in [5.41, 5.74) is 7.92. The zero-order valence-corrected chi connectivity index (χ0v) is 12.2. The third-order valence-corrected chi connectivity index (χ3v) is 3.83. The molecule has 1 unspecified atom stereocenters. The van der Waals surface area contributed by atoms with Crippen LogP contribution in [0.15, 0.2) is 36.6 Å². The van der Waals surface area contributed by atoms with E-state index in [1.165, 1.54) is 6.33 Å². The number of H-pyrrole nitrogens is 1. The van der Waals surface area contributed by atoms with Gasteiger partial charge in [0.1, 0.15) is 17.9 Å². The van der Waals surface area contributed by atoms with E-state index in [4.69, 9.17) is 11.0 Å². The van der Waals surface area contributed by atoms with Gasteiger partial charge in [0.05, 0.1) is 11.9 Å². The highest BCUT2D eigenvalue weighted by Gasteiger charge is 2.22. The standard InChI is InChI=1S/C15H17N7/c1-10(17)12(6-16)5-11-3-2-4-22(7-11)15-13-14(19-8-18-13)20-9-21-15/h5,8-9,11H,1-4,7,17H2,(H,18,19,20,21)/b12-5+. The number of nitrogens with two attached hydrogens (primary N) is 1. The van der Waals surface area contributed by atoms with Crippen LogP contribution < -0.4 is 10.6 Å². The molecule has 0 bridgehead atoms. The summed E-state index contributed by atoms with van der Waals surface area (Å²) in [7, 11) is 0. The second kappa shape index (κ2) is 5.85. The molecular weight excluding hydrogens is 278 g/mol. The number of piperidine rings is 1. The number of hydrogen-bond donors (Lipinski definition) is 2. The number of aromatic amines is 1. The van der Waals surface area contributed by atoms with Crippen LogP contribution in [0.2, 0.25) is 0 Å². The molecular formula is C15H17N7. The molecule has 1 atom stereocenters. The molecule has 1 aliphatic heterocycles. The van der Waals surface area contributed by atoms with Crippen LogP contribution in [0.25, 0.3) is 11.2 Å². The van der Waals surface area contributed by atoms with Crippen molar-refractivity contribution in [1.82, 2.24) is 19.9 Å². The molecule has 2 aromatic heterocycles. The van der Waals surface area contributed by atoms with Crippen molar-refractivity contribution in [3.63, 3.8) is 0 Å². The van der Waals surface area contributed by atoms with E-state index in [1.54, 1.807) is 6.33 Å². The molecule has 0 amide bonds. The number of nitrogens with one attached hydrogen (secondary N) is 1. The minimum atomic E-state index is 0.247. The molecule has 0 spiro atoms. The van der Waals surface area contributed by atoms with Crippen LogP contribution in [0.1, 0.15) is 12.8 Å². The molecule has 2 aromatic rings. The summed E-state index contributed by atoms with van der Waals surface area (Å²) in [4.78, 5) is 18.0. The molecule has 1 fully saturated rings. The summed E-state index contributed by atoms with van der Waals surface area (Å²) in [5, 5.41) is 9.12. The van der Waals surface area contributed by atoms with Crippen molar-refractivity contribution >= 4 is 17.0 Å². The number of rotatable bonds is 3. The predicted molar refractivity (Wildman–Crippen MR) is 83.6 cm³/mol. The van der Waals surface area contributed by atoms with Crippen molar-refractivity contribution in [3.8, 4) is 6.07 Å². The van der Waals surface area contributed by atoms with Gasteiger partial charge in [0.25, 0.3) is 0 Å². The van der Waals surface area contributed by atoms with Crippen LogP contribution in [0.4, 0.5) is 5.82 Å². The van der Waals surface area contributed by atoms with Gasteiger partial charge in [0.15, 0.2) is 11.5 Å². The maximum absolute atomic E-state index is 9.12. The maximum Gasteiger partial charge on any atom is 0.182 e. The van der Waals surface area contributed by atoms with Crippen molar-refractivity contribution in [2.45, 2.75) is 12.8 Å². The number of imidazole rings is 1. The molecule has 22 heavy (non-hydrogen) atoms. The smallest absolute Gasteiger partial charge is 0.182 e. The minimum absolute atomic E-state index is 0.247. The van der Waals surface area contributed by atoms with Gasteiger partial charge in [0, 0.05) is 18.8 Å². The van der Waals surface area contributed by atoms with Gasteiger partial charge >= 0.3 is 0 Å². The molecule has 1 aliphatic rings. The highest BCUT2D eigenvalue weighted by Crippen LogP contribution is 2.27. The van der Waals surface area contributed by atoms with E-state index in [-0.39, 0.29) is 5.92 Å². The quantitative estimate of drug-likeness (QED) is 0.656. The number of fused-ring (bicyclic) bond motifs is 1. The molecule has 3 N–H and O–H groups in total. The minimum Gasteiger partial charge on any atom is -0.398 e. The van der Waals surface area contributed by atoms with Gasteiger partial charge in [-0.25, -0.2) is 15.0 Å². The first-order valence-corrected chi connectivity index (χ1v) is 7.14. The third kappa shape index (κ3) is 2.63. The number of aromatic nitrogens is 4. The molecule has 7 nitrogen and oxygen atoms in total. The summed E-state index contributed by atoms with van der Waals surface area (Å²) in [5.74, 6) is 1.10. The Labute approximate surface area is 128 Å². The summed E-state index contributed by atoms with van der Waals surface area (Å²) >= 11 is 0. The summed E-state index contributed by atoms with van der Waals surface area (Å²) in [6.07, 6.45) is 7.11. The van der Waals surface area contributed by atoms with Gasteiger partial charge in [-0.1, -0.05) is 12.7 Å². The SMILES string of the molecule is C=C(N)/C(C#N)=C/C1CCCN(c2ncnc3nc[nH]c23)C1. The highest BCUT2D eigenvalue weighted by molar-refractivity contribution is 5.82. The fraction of sp³-hybridized carbons (Fsp3) is 0.333. The van der Waals surface area contributed by atoms with Gasteiger partial charge in [-0.2, -0.15) is 5.26 Å². The van der Waals surface area contributed by atoms with Crippen LogP contribution >= 0.6 is 0 Å². The number of nitrogens with zero attached hydrogens (tertiary/aromatic N) is 5. The van der Waals surface area contributed by atoms with Gasteiger partial charge in [-0.15, -0.1) is 0 Å². The zero-order chi connectivity index (χ0) is 15.5. The highest BCUT2D eigenvalue weighted by atomic mass is 15.2. The van der Waals surface area contributed by atoms with Crippen LogP contribution in [-0.4, -0.2) is 33.0 Å². The van der Waals surface area contributed by atoms with Crippen molar-refractivity contribution < 1.29 is 0 Å². The Bertz CT molecular complexity index is 768. The Hall–Kier alpha value is -2.88. The largest absolute Gasteiger partial charge is 0.398 e. The lowest BCUT2D eigenvalue weighted by atomic mass is 9.95. The monoisotopic (exact) mass is 295 g/mol. The lowest BCUT2D eigenvalue weighted by Crippen LogP contribution is -2.35. The predicted octanol–water partition coefficient (Wildman–Crippen LogP) is 1.49. The number of anilines is 1. The molecule has 1 saturated heterocycles. The number of nitriles is 1. The van der Waals surface area contributed by atoms with Crippen LogP contribution in [-0.2, 0) is 0 Å². The molecule has 112 valence electrons. The van der Waals surface area contributed by atoms with Crippen LogP contribution in [0.5, 0.6) is 0 Å². The molecule has 0 saturated carbocycles. The number of hydrogen-bond acceptors (Lipinski definition) is 6. The topological polar surface area (TPSA) is 108 Å².